The number of ether oxygens (including phenoxy) is 1. The van der Waals surface area contributed by atoms with Crippen LogP contribution in [0.1, 0.15) is 6.92 Å². The molecule has 2 amide bonds. The fourth-order valence-electron chi connectivity index (χ4n) is 2.56. The van der Waals surface area contributed by atoms with Gasteiger partial charge in [-0.3, -0.25) is 9.59 Å². The van der Waals surface area contributed by atoms with Crippen LogP contribution >= 0.6 is 0 Å². The SMILES string of the molecule is CC(=O)Nc1ccc(NC(=O)CN2CC(=O)Oc3ccccc32)cc1. The molecule has 7 nitrogen and oxygen atoms in total. The van der Waals surface area contributed by atoms with Gasteiger partial charge in [0, 0.05) is 18.3 Å². The summed E-state index contributed by atoms with van der Waals surface area (Å²) >= 11 is 0. The van der Waals surface area contributed by atoms with Crippen molar-refractivity contribution >= 4 is 34.8 Å². The predicted molar refractivity (Wildman–Crippen MR) is 93.7 cm³/mol. The first-order valence-corrected chi connectivity index (χ1v) is 7.73. The smallest absolute Gasteiger partial charge is 0.331 e. The molecule has 2 N–H and O–H groups in total. The van der Waals surface area contributed by atoms with Crippen LogP contribution in [0.3, 0.4) is 0 Å². The van der Waals surface area contributed by atoms with Gasteiger partial charge in [0.25, 0.3) is 0 Å². The van der Waals surface area contributed by atoms with Gasteiger partial charge >= 0.3 is 5.97 Å². The van der Waals surface area contributed by atoms with E-state index < -0.39 is 5.97 Å². The molecule has 1 aliphatic rings. The van der Waals surface area contributed by atoms with Crippen molar-refractivity contribution in [3.63, 3.8) is 0 Å². The molecule has 1 heterocycles. The van der Waals surface area contributed by atoms with Gasteiger partial charge in [0.15, 0.2) is 5.75 Å². The maximum absolute atomic E-state index is 12.3. The van der Waals surface area contributed by atoms with E-state index in [0.717, 1.165) is 0 Å². The molecule has 3 rings (SSSR count). The molecule has 0 aliphatic carbocycles. The Kier molecular flexibility index (Phi) is 4.65. The highest BCUT2D eigenvalue weighted by atomic mass is 16.5. The van der Waals surface area contributed by atoms with Gasteiger partial charge in [-0.1, -0.05) is 12.1 Å². The number of esters is 1. The number of hydrogen-bond acceptors (Lipinski definition) is 5. The molecule has 0 bridgehead atoms. The summed E-state index contributed by atoms with van der Waals surface area (Å²) in [5.41, 5.74) is 1.96. The lowest BCUT2D eigenvalue weighted by Crippen LogP contribution is -2.41. The summed E-state index contributed by atoms with van der Waals surface area (Å²) in [5.74, 6) is -0.360. The Bertz CT molecular complexity index is 817. The third-order valence-electron chi connectivity index (χ3n) is 3.57. The predicted octanol–water partition coefficient (Wildman–Crippen LogP) is 2.01. The summed E-state index contributed by atoms with van der Waals surface area (Å²) in [6.45, 7) is 1.47. The Balaban J connectivity index is 1.65. The summed E-state index contributed by atoms with van der Waals surface area (Å²) in [6, 6.07) is 13.9. The zero-order chi connectivity index (χ0) is 17.8. The monoisotopic (exact) mass is 339 g/mol. The van der Waals surface area contributed by atoms with Crippen molar-refractivity contribution < 1.29 is 19.1 Å². The standard InChI is InChI=1S/C18H17N3O4/c1-12(22)19-13-6-8-14(9-7-13)20-17(23)10-21-11-18(24)25-16-5-3-2-4-15(16)21/h2-9H,10-11H2,1H3,(H,19,22)(H,20,23). The largest absolute Gasteiger partial charge is 0.423 e. The highest BCUT2D eigenvalue weighted by Gasteiger charge is 2.25. The van der Waals surface area contributed by atoms with Gasteiger partial charge < -0.3 is 20.3 Å². The lowest BCUT2D eigenvalue weighted by atomic mass is 10.2. The summed E-state index contributed by atoms with van der Waals surface area (Å²) in [4.78, 5) is 36.6. The first-order chi connectivity index (χ1) is 12.0. The molecule has 0 atom stereocenters. The van der Waals surface area contributed by atoms with E-state index in [9.17, 15) is 14.4 Å². The molecule has 128 valence electrons. The zero-order valence-corrected chi connectivity index (χ0v) is 13.6. The Morgan fingerprint density at radius 3 is 2.36 bits per heavy atom. The fourth-order valence-corrected chi connectivity index (χ4v) is 2.56. The van der Waals surface area contributed by atoms with Crippen molar-refractivity contribution in [1.82, 2.24) is 0 Å². The number of rotatable bonds is 4. The molecule has 7 heteroatoms. The van der Waals surface area contributed by atoms with Crippen LogP contribution in [0.2, 0.25) is 0 Å². The minimum Gasteiger partial charge on any atom is -0.423 e. The number of para-hydroxylation sites is 2. The second kappa shape index (κ2) is 7.04. The van der Waals surface area contributed by atoms with Gasteiger partial charge in [-0.25, -0.2) is 4.79 Å². The lowest BCUT2D eigenvalue weighted by molar-refractivity contribution is -0.133. The van der Waals surface area contributed by atoms with Gasteiger partial charge in [-0.05, 0) is 36.4 Å². The number of nitrogens with one attached hydrogen (secondary N) is 2. The third kappa shape index (κ3) is 4.14. The van der Waals surface area contributed by atoms with Gasteiger partial charge in [-0.15, -0.1) is 0 Å². The molecule has 0 aromatic heterocycles. The van der Waals surface area contributed by atoms with Crippen molar-refractivity contribution in [3.05, 3.63) is 48.5 Å². The first-order valence-electron chi connectivity index (χ1n) is 7.73. The molecule has 1 aliphatic heterocycles. The van der Waals surface area contributed by atoms with Crippen LogP contribution in [0, 0.1) is 0 Å². The second-order valence-electron chi connectivity index (χ2n) is 5.60. The van der Waals surface area contributed by atoms with Crippen molar-refractivity contribution in [2.75, 3.05) is 28.6 Å². The first kappa shape index (κ1) is 16.5. The molecule has 25 heavy (non-hydrogen) atoms. The lowest BCUT2D eigenvalue weighted by Gasteiger charge is -2.29. The zero-order valence-electron chi connectivity index (χ0n) is 13.6. The molecule has 0 unspecified atom stereocenters. The van der Waals surface area contributed by atoms with Crippen LogP contribution in [0.25, 0.3) is 0 Å². The van der Waals surface area contributed by atoms with Crippen molar-refractivity contribution in [2.45, 2.75) is 6.92 Å². The number of anilines is 3. The Hall–Kier alpha value is -3.35. The highest BCUT2D eigenvalue weighted by Crippen LogP contribution is 2.31. The van der Waals surface area contributed by atoms with Crippen molar-refractivity contribution in [3.8, 4) is 5.75 Å². The Labute approximate surface area is 144 Å². The van der Waals surface area contributed by atoms with Crippen molar-refractivity contribution in [1.29, 1.82) is 0 Å². The van der Waals surface area contributed by atoms with Gasteiger partial charge in [-0.2, -0.15) is 0 Å². The molecule has 0 saturated heterocycles. The van der Waals surface area contributed by atoms with Gasteiger partial charge in [0.05, 0.1) is 12.2 Å². The quantitative estimate of drug-likeness (QED) is 0.657. The van der Waals surface area contributed by atoms with Crippen LogP contribution in [0.5, 0.6) is 5.75 Å². The number of nitrogens with zero attached hydrogens (tertiary/aromatic N) is 1. The maximum Gasteiger partial charge on any atom is 0.331 e. The van der Waals surface area contributed by atoms with E-state index in [1.165, 1.54) is 6.92 Å². The van der Waals surface area contributed by atoms with E-state index in [-0.39, 0.29) is 24.9 Å². The van der Waals surface area contributed by atoms with E-state index >= 15 is 0 Å². The molecule has 0 fully saturated rings. The molecule has 2 aromatic carbocycles. The normalized spacial score (nSPS) is 12.8. The van der Waals surface area contributed by atoms with Crippen LogP contribution in [-0.2, 0) is 14.4 Å². The number of carbonyl (C=O) groups excluding carboxylic acids is 3. The minimum atomic E-state index is -0.397. The number of benzene rings is 2. The van der Waals surface area contributed by atoms with Gasteiger partial charge in [0.1, 0.15) is 6.54 Å². The molecule has 0 saturated carbocycles. The topological polar surface area (TPSA) is 87.7 Å². The summed E-state index contributed by atoms with van der Waals surface area (Å²) < 4.78 is 5.16. The average Bonchev–Trinajstić information content (AvgIpc) is 2.56. The molecular weight excluding hydrogens is 322 g/mol. The van der Waals surface area contributed by atoms with E-state index in [0.29, 0.717) is 22.8 Å². The van der Waals surface area contributed by atoms with E-state index in [1.807, 2.05) is 6.07 Å². The van der Waals surface area contributed by atoms with Crippen LogP contribution in [-0.4, -0.2) is 30.9 Å². The van der Waals surface area contributed by atoms with Gasteiger partial charge in [0.2, 0.25) is 11.8 Å². The summed E-state index contributed by atoms with van der Waals surface area (Å²) in [6.07, 6.45) is 0. The number of fused-ring (bicyclic) bond motifs is 1. The van der Waals surface area contributed by atoms with Crippen LogP contribution in [0.15, 0.2) is 48.5 Å². The summed E-state index contributed by atoms with van der Waals surface area (Å²) in [7, 11) is 0. The molecule has 0 spiro atoms. The van der Waals surface area contributed by atoms with Crippen molar-refractivity contribution in [2.24, 2.45) is 0 Å². The fraction of sp³-hybridized carbons (Fsp3) is 0.167. The number of hydrogen-bond donors (Lipinski definition) is 2. The Morgan fingerprint density at radius 1 is 1.04 bits per heavy atom. The number of amides is 2. The minimum absolute atomic E-state index is 0.0197. The third-order valence-corrected chi connectivity index (χ3v) is 3.57. The Morgan fingerprint density at radius 2 is 1.68 bits per heavy atom. The average molecular weight is 339 g/mol. The highest BCUT2D eigenvalue weighted by molar-refractivity contribution is 5.96. The van der Waals surface area contributed by atoms with E-state index in [4.69, 9.17) is 4.74 Å². The molecular formula is C18H17N3O4. The second-order valence-corrected chi connectivity index (χ2v) is 5.60. The van der Waals surface area contributed by atoms with E-state index in [2.05, 4.69) is 10.6 Å². The molecule has 0 radical (unpaired) electrons. The van der Waals surface area contributed by atoms with Crippen LogP contribution in [0.4, 0.5) is 17.1 Å². The van der Waals surface area contributed by atoms with Crippen LogP contribution < -0.4 is 20.3 Å². The maximum atomic E-state index is 12.3. The molecule has 2 aromatic rings. The number of carbonyl (C=O) groups is 3. The van der Waals surface area contributed by atoms with E-state index in [1.54, 1.807) is 47.4 Å². The summed E-state index contributed by atoms with van der Waals surface area (Å²) in [5, 5.41) is 5.43.